The van der Waals surface area contributed by atoms with Gasteiger partial charge in [0, 0.05) is 44.3 Å². The number of nitrogens with one attached hydrogen (secondary N) is 3. The third-order valence-electron chi connectivity index (χ3n) is 6.23. The second-order valence-electron chi connectivity index (χ2n) is 8.27. The first-order valence-corrected chi connectivity index (χ1v) is 11.2. The molecule has 6 rings (SSSR count). The van der Waals surface area contributed by atoms with E-state index in [-0.39, 0.29) is 11.9 Å². The average molecular weight is 441 g/mol. The fourth-order valence-electron chi connectivity index (χ4n) is 4.56. The van der Waals surface area contributed by atoms with Gasteiger partial charge in [-0.3, -0.25) is 4.79 Å². The first-order chi connectivity index (χ1) is 16.3. The van der Waals surface area contributed by atoms with Crippen LogP contribution in [0.25, 0.3) is 11.0 Å². The Balaban J connectivity index is 1.32. The molecule has 3 aromatic heterocycles. The maximum absolute atomic E-state index is 12.6. The quantitative estimate of drug-likeness (QED) is 0.448. The van der Waals surface area contributed by atoms with Crippen molar-refractivity contribution in [3.05, 3.63) is 72.2 Å². The number of carbonyl (C=O) groups is 1. The third kappa shape index (κ3) is 3.66. The summed E-state index contributed by atoms with van der Waals surface area (Å²) >= 11 is 0. The van der Waals surface area contributed by atoms with Crippen molar-refractivity contribution in [2.75, 3.05) is 42.9 Å². The lowest BCUT2D eigenvalue weighted by atomic mass is 10.0. The monoisotopic (exact) mass is 440 g/mol. The second-order valence-corrected chi connectivity index (χ2v) is 8.27. The Morgan fingerprint density at radius 1 is 1.00 bits per heavy atom. The van der Waals surface area contributed by atoms with Crippen LogP contribution >= 0.6 is 0 Å². The number of amides is 1. The number of benzene rings is 1. The molecule has 0 spiro atoms. The summed E-state index contributed by atoms with van der Waals surface area (Å²) in [4.78, 5) is 28.7. The molecule has 2 aliphatic rings. The van der Waals surface area contributed by atoms with Gasteiger partial charge >= 0.3 is 0 Å². The fraction of sp³-hybridized carbons (Fsp3) is 0.250. The van der Waals surface area contributed by atoms with Gasteiger partial charge in [0.05, 0.1) is 17.9 Å². The predicted molar refractivity (Wildman–Crippen MR) is 127 cm³/mol. The molecule has 33 heavy (non-hydrogen) atoms. The van der Waals surface area contributed by atoms with Crippen molar-refractivity contribution in [1.29, 1.82) is 0 Å². The predicted octanol–water partition coefficient (Wildman–Crippen LogP) is 2.31. The van der Waals surface area contributed by atoms with Crippen LogP contribution in [0, 0.1) is 0 Å². The van der Waals surface area contributed by atoms with Gasteiger partial charge in [0.25, 0.3) is 5.91 Å². The number of fused-ring (bicyclic) bond motifs is 3. The van der Waals surface area contributed by atoms with Crippen molar-refractivity contribution < 1.29 is 4.79 Å². The smallest absolute Gasteiger partial charge is 0.268 e. The van der Waals surface area contributed by atoms with Crippen molar-refractivity contribution >= 4 is 34.4 Å². The Bertz CT molecular complexity index is 1300. The van der Waals surface area contributed by atoms with Crippen LogP contribution in [0.5, 0.6) is 0 Å². The van der Waals surface area contributed by atoms with Crippen LogP contribution in [0.1, 0.15) is 22.1 Å². The number of anilines is 3. The molecular weight excluding hydrogens is 416 g/mol. The number of pyridine rings is 1. The zero-order valence-corrected chi connectivity index (χ0v) is 18.0. The highest BCUT2D eigenvalue weighted by molar-refractivity contribution is 5.99. The number of hydrogen-bond acceptors (Lipinski definition) is 7. The average Bonchev–Trinajstić information content (AvgIpc) is 3.26. The summed E-state index contributed by atoms with van der Waals surface area (Å²) in [7, 11) is 0. The van der Waals surface area contributed by atoms with Crippen LogP contribution in [0.3, 0.4) is 0 Å². The maximum Gasteiger partial charge on any atom is 0.268 e. The van der Waals surface area contributed by atoms with Crippen LogP contribution in [0.2, 0.25) is 0 Å². The number of aromatic nitrogens is 4. The SMILES string of the molecule is O=C1NC[C@H](c2ccccc2)n2c1cc1cnc(Nc3ccc(N4CCNCC4)cn3)nc12. The highest BCUT2D eigenvalue weighted by Crippen LogP contribution is 2.30. The van der Waals surface area contributed by atoms with Gasteiger partial charge in [-0.25, -0.2) is 9.97 Å². The summed E-state index contributed by atoms with van der Waals surface area (Å²) in [6.07, 6.45) is 3.63. The molecule has 5 heterocycles. The number of piperazine rings is 1. The minimum absolute atomic E-state index is 0.0319. The van der Waals surface area contributed by atoms with Crippen LogP contribution in [0.15, 0.2) is 60.9 Å². The van der Waals surface area contributed by atoms with E-state index in [9.17, 15) is 4.79 Å². The molecule has 0 saturated carbocycles. The lowest BCUT2D eigenvalue weighted by Gasteiger charge is -2.29. The van der Waals surface area contributed by atoms with Crippen LogP contribution in [-0.2, 0) is 0 Å². The molecule has 9 nitrogen and oxygen atoms in total. The lowest BCUT2D eigenvalue weighted by Crippen LogP contribution is -2.43. The number of carbonyl (C=O) groups excluding carboxylic acids is 1. The van der Waals surface area contributed by atoms with Crippen molar-refractivity contribution in [1.82, 2.24) is 30.2 Å². The minimum Gasteiger partial charge on any atom is -0.368 e. The molecule has 1 atom stereocenters. The van der Waals surface area contributed by atoms with E-state index in [0.29, 0.717) is 24.0 Å². The first kappa shape index (κ1) is 19.7. The zero-order valence-electron chi connectivity index (χ0n) is 18.0. The Hall–Kier alpha value is -3.98. The molecule has 0 bridgehead atoms. The van der Waals surface area contributed by atoms with Gasteiger partial charge in [0.15, 0.2) is 0 Å². The molecule has 1 fully saturated rings. The molecule has 4 aromatic rings. The Kier molecular flexibility index (Phi) is 4.88. The summed E-state index contributed by atoms with van der Waals surface area (Å²) in [6.45, 7) is 4.43. The molecule has 2 aliphatic heterocycles. The summed E-state index contributed by atoms with van der Waals surface area (Å²) in [5, 5.41) is 10.4. The van der Waals surface area contributed by atoms with E-state index in [2.05, 4.69) is 49.0 Å². The molecule has 0 aliphatic carbocycles. The van der Waals surface area contributed by atoms with Gasteiger partial charge in [-0.05, 0) is 23.8 Å². The molecular formula is C24H24N8O. The van der Waals surface area contributed by atoms with Crippen LogP contribution in [0.4, 0.5) is 17.5 Å². The van der Waals surface area contributed by atoms with Gasteiger partial charge in [0.1, 0.15) is 17.2 Å². The molecule has 3 N–H and O–H groups in total. The highest BCUT2D eigenvalue weighted by atomic mass is 16.2. The van der Waals surface area contributed by atoms with E-state index in [1.807, 2.05) is 41.1 Å². The first-order valence-electron chi connectivity index (χ1n) is 11.2. The molecule has 9 heteroatoms. The second kappa shape index (κ2) is 8.18. The number of rotatable bonds is 4. The van der Waals surface area contributed by atoms with Gasteiger partial charge in [-0.1, -0.05) is 30.3 Å². The minimum atomic E-state index is -0.0974. The summed E-state index contributed by atoms with van der Waals surface area (Å²) in [5.41, 5.74) is 3.55. The van der Waals surface area contributed by atoms with Crippen LogP contribution in [-0.4, -0.2) is 58.1 Å². The Labute approximate surface area is 190 Å². The molecule has 166 valence electrons. The van der Waals surface area contributed by atoms with Crippen molar-refractivity contribution in [2.24, 2.45) is 0 Å². The standard InChI is InChI=1S/C24H24N8O/c33-23-19-12-17-13-28-24(29-21-7-6-18(14-26-21)31-10-8-25-9-11-31)30-22(17)32(19)20(15-27-23)16-4-2-1-3-5-16/h1-7,12-14,20,25H,8-11,15H2,(H,27,33)(H,26,28,29,30)/t20-/m1/s1. The zero-order chi connectivity index (χ0) is 22.2. The normalized spacial score (nSPS) is 18.1. The van der Waals surface area contributed by atoms with Crippen molar-refractivity contribution in [3.63, 3.8) is 0 Å². The Morgan fingerprint density at radius 3 is 2.64 bits per heavy atom. The summed E-state index contributed by atoms with van der Waals surface area (Å²) < 4.78 is 2.01. The number of nitrogens with zero attached hydrogens (tertiary/aromatic N) is 5. The van der Waals surface area contributed by atoms with Crippen molar-refractivity contribution in [2.45, 2.75) is 6.04 Å². The molecule has 1 saturated heterocycles. The van der Waals surface area contributed by atoms with Gasteiger partial charge in [0.2, 0.25) is 5.95 Å². The molecule has 0 radical (unpaired) electrons. The van der Waals surface area contributed by atoms with Crippen molar-refractivity contribution in [3.8, 4) is 0 Å². The number of hydrogen-bond donors (Lipinski definition) is 3. The van der Waals surface area contributed by atoms with E-state index in [0.717, 1.165) is 48.5 Å². The van der Waals surface area contributed by atoms with Gasteiger partial charge < -0.3 is 25.4 Å². The lowest BCUT2D eigenvalue weighted by molar-refractivity contribution is 0.0922. The summed E-state index contributed by atoms with van der Waals surface area (Å²) in [6, 6.07) is 16.0. The molecule has 0 unspecified atom stereocenters. The van der Waals surface area contributed by atoms with E-state index in [1.54, 1.807) is 6.20 Å². The van der Waals surface area contributed by atoms with E-state index >= 15 is 0 Å². The van der Waals surface area contributed by atoms with E-state index in [1.165, 1.54) is 0 Å². The summed E-state index contributed by atoms with van der Waals surface area (Å²) in [5.74, 6) is 1.03. The third-order valence-corrected chi connectivity index (χ3v) is 6.23. The van der Waals surface area contributed by atoms with E-state index in [4.69, 9.17) is 4.98 Å². The fourth-order valence-corrected chi connectivity index (χ4v) is 4.56. The highest BCUT2D eigenvalue weighted by Gasteiger charge is 2.29. The largest absolute Gasteiger partial charge is 0.368 e. The van der Waals surface area contributed by atoms with Crippen LogP contribution < -0.4 is 20.9 Å². The molecule has 1 amide bonds. The Morgan fingerprint density at radius 2 is 1.85 bits per heavy atom. The van der Waals surface area contributed by atoms with Gasteiger partial charge in [-0.15, -0.1) is 0 Å². The topological polar surface area (TPSA) is 100 Å². The van der Waals surface area contributed by atoms with Gasteiger partial charge in [-0.2, -0.15) is 4.98 Å². The van der Waals surface area contributed by atoms with E-state index < -0.39 is 0 Å². The molecule has 1 aromatic carbocycles. The maximum atomic E-state index is 12.6.